The quantitative estimate of drug-likeness (QED) is 0.545. The number of carbonyl (C=O) groups is 1. The van der Waals surface area contributed by atoms with Crippen LogP contribution in [0.25, 0.3) is 0 Å². The second-order valence-electron chi connectivity index (χ2n) is 3.86. The summed E-state index contributed by atoms with van der Waals surface area (Å²) in [6, 6.07) is 9.37. The van der Waals surface area contributed by atoms with Gasteiger partial charge in [0.25, 0.3) is 0 Å². The average molecular weight is 229 g/mol. The summed E-state index contributed by atoms with van der Waals surface area (Å²) >= 11 is 0. The molecule has 0 aromatic heterocycles. The van der Waals surface area contributed by atoms with Crippen LogP contribution in [0.4, 0.5) is 5.69 Å². The number of allylic oxidation sites excluding steroid dienone is 1. The monoisotopic (exact) mass is 229 g/mol. The molecule has 1 aromatic carbocycles. The van der Waals surface area contributed by atoms with E-state index in [1.54, 1.807) is 18.0 Å². The van der Waals surface area contributed by atoms with Crippen LogP contribution in [0.15, 0.2) is 43.0 Å². The standard InChI is InChI=1S/C14H17N2O/c1-3-4-8-12(15)11-14(17)16(2)13-9-6-5-7-10-13/h3,5-7,9-10H,1,4,8,11H2,2H3. The minimum atomic E-state index is -0.113. The van der Waals surface area contributed by atoms with Gasteiger partial charge in [-0.25, -0.2) is 0 Å². The van der Waals surface area contributed by atoms with E-state index in [0.29, 0.717) is 12.8 Å². The lowest BCUT2D eigenvalue weighted by Gasteiger charge is -2.17. The largest absolute Gasteiger partial charge is 0.315 e. The highest BCUT2D eigenvalue weighted by Crippen LogP contribution is 2.12. The number of hydrogen-bond acceptors (Lipinski definition) is 1. The molecule has 0 spiro atoms. The second-order valence-corrected chi connectivity index (χ2v) is 3.86. The van der Waals surface area contributed by atoms with Crippen molar-refractivity contribution in [3.05, 3.63) is 43.0 Å². The van der Waals surface area contributed by atoms with E-state index in [0.717, 1.165) is 5.69 Å². The first-order valence-corrected chi connectivity index (χ1v) is 5.61. The van der Waals surface area contributed by atoms with Crippen LogP contribution in [0.3, 0.4) is 0 Å². The minimum absolute atomic E-state index is 0.0687. The van der Waals surface area contributed by atoms with E-state index in [-0.39, 0.29) is 18.0 Å². The molecule has 0 heterocycles. The summed E-state index contributed by atoms with van der Waals surface area (Å²) in [5, 5.41) is 9.57. The number of nitrogens with zero attached hydrogens (tertiary/aromatic N) is 2. The number of anilines is 1. The van der Waals surface area contributed by atoms with Crippen LogP contribution in [0.5, 0.6) is 0 Å². The summed E-state index contributed by atoms with van der Waals surface area (Å²) in [6.07, 6.45) is 2.98. The van der Waals surface area contributed by atoms with Gasteiger partial charge in [0.15, 0.2) is 0 Å². The van der Waals surface area contributed by atoms with Crippen LogP contribution in [-0.2, 0) is 4.79 Å². The molecule has 0 fully saturated rings. The first-order valence-electron chi connectivity index (χ1n) is 5.61. The summed E-state index contributed by atoms with van der Waals surface area (Å²) in [4.78, 5) is 13.4. The summed E-state index contributed by atoms with van der Waals surface area (Å²) in [5.74, 6) is -0.113. The van der Waals surface area contributed by atoms with Crippen molar-refractivity contribution in [3.63, 3.8) is 0 Å². The van der Waals surface area contributed by atoms with Gasteiger partial charge >= 0.3 is 0 Å². The van der Waals surface area contributed by atoms with Crippen molar-refractivity contribution in [2.45, 2.75) is 19.3 Å². The molecule has 0 N–H and O–H groups in total. The SMILES string of the molecule is C=CCCC(=[N])CC(=O)N(C)c1ccccc1. The summed E-state index contributed by atoms with van der Waals surface area (Å²) in [6.45, 7) is 3.57. The maximum Gasteiger partial charge on any atom is 0.232 e. The number of amides is 1. The van der Waals surface area contributed by atoms with Crippen molar-refractivity contribution in [1.82, 2.24) is 5.41 Å². The molecule has 0 bridgehead atoms. The van der Waals surface area contributed by atoms with Crippen molar-refractivity contribution >= 4 is 17.3 Å². The molecule has 17 heavy (non-hydrogen) atoms. The van der Waals surface area contributed by atoms with Gasteiger partial charge in [-0.05, 0) is 25.0 Å². The Bertz CT molecular complexity index is 398. The summed E-state index contributed by atoms with van der Waals surface area (Å²) < 4.78 is 0. The van der Waals surface area contributed by atoms with E-state index in [1.165, 1.54) is 0 Å². The fourth-order valence-corrected chi connectivity index (χ4v) is 1.45. The first kappa shape index (κ1) is 13.2. The Kier molecular flexibility index (Phi) is 5.14. The molecule has 0 aliphatic rings. The van der Waals surface area contributed by atoms with E-state index in [2.05, 4.69) is 6.58 Å². The molecule has 0 saturated carbocycles. The van der Waals surface area contributed by atoms with Crippen LogP contribution in [0.2, 0.25) is 0 Å². The molecule has 3 nitrogen and oxygen atoms in total. The van der Waals surface area contributed by atoms with Gasteiger partial charge in [0.05, 0.1) is 12.1 Å². The fourth-order valence-electron chi connectivity index (χ4n) is 1.45. The van der Waals surface area contributed by atoms with E-state index in [1.807, 2.05) is 30.3 Å². The highest BCUT2D eigenvalue weighted by Gasteiger charge is 2.12. The van der Waals surface area contributed by atoms with Crippen molar-refractivity contribution in [2.75, 3.05) is 11.9 Å². The Balaban J connectivity index is 2.53. The second kappa shape index (κ2) is 6.63. The maximum atomic E-state index is 11.8. The van der Waals surface area contributed by atoms with Crippen LogP contribution >= 0.6 is 0 Å². The lowest BCUT2D eigenvalue weighted by molar-refractivity contribution is -0.117. The molecule has 1 rings (SSSR count). The van der Waals surface area contributed by atoms with Gasteiger partial charge in [-0.2, -0.15) is 5.41 Å². The van der Waals surface area contributed by atoms with Gasteiger partial charge in [0, 0.05) is 12.7 Å². The fraction of sp³-hybridized carbons (Fsp3) is 0.286. The lowest BCUT2D eigenvalue weighted by Crippen LogP contribution is -2.28. The van der Waals surface area contributed by atoms with E-state index in [4.69, 9.17) is 0 Å². The predicted molar refractivity (Wildman–Crippen MR) is 71.0 cm³/mol. The van der Waals surface area contributed by atoms with Crippen LogP contribution < -0.4 is 10.3 Å². The third-order valence-corrected chi connectivity index (χ3v) is 2.51. The van der Waals surface area contributed by atoms with Gasteiger partial charge in [0.1, 0.15) is 0 Å². The Morgan fingerprint density at radius 1 is 1.41 bits per heavy atom. The summed E-state index contributed by atoms with van der Waals surface area (Å²) in [7, 11) is 1.71. The number of rotatable bonds is 6. The topological polar surface area (TPSA) is 42.6 Å². The molecule has 1 radical (unpaired) electrons. The lowest BCUT2D eigenvalue weighted by atomic mass is 10.1. The van der Waals surface area contributed by atoms with Gasteiger partial charge in [0.2, 0.25) is 5.91 Å². The van der Waals surface area contributed by atoms with Gasteiger partial charge < -0.3 is 4.90 Å². The van der Waals surface area contributed by atoms with Crippen molar-refractivity contribution in [3.8, 4) is 0 Å². The van der Waals surface area contributed by atoms with E-state index >= 15 is 0 Å². The number of benzene rings is 1. The van der Waals surface area contributed by atoms with Crippen LogP contribution in [0, 0.1) is 0 Å². The zero-order valence-corrected chi connectivity index (χ0v) is 10.1. The molecular formula is C14H17N2O. The normalized spacial score (nSPS) is 9.71. The molecular weight excluding hydrogens is 212 g/mol. The van der Waals surface area contributed by atoms with E-state index < -0.39 is 0 Å². The number of carbonyl (C=O) groups excluding carboxylic acids is 1. The van der Waals surface area contributed by atoms with E-state index in [9.17, 15) is 10.2 Å². The van der Waals surface area contributed by atoms with Gasteiger partial charge in [-0.15, -0.1) is 6.58 Å². The third-order valence-electron chi connectivity index (χ3n) is 2.51. The Labute approximate surface area is 102 Å². The molecule has 3 heteroatoms. The third kappa shape index (κ3) is 4.23. The predicted octanol–water partition coefficient (Wildman–Crippen LogP) is 2.25. The van der Waals surface area contributed by atoms with Crippen molar-refractivity contribution < 1.29 is 4.79 Å². The number of hydrogen-bond donors (Lipinski definition) is 0. The maximum absolute atomic E-state index is 11.8. The highest BCUT2D eigenvalue weighted by molar-refractivity contribution is 6.06. The molecule has 1 amide bonds. The Morgan fingerprint density at radius 3 is 2.65 bits per heavy atom. The van der Waals surface area contributed by atoms with Gasteiger partial charge in [-0.1, -0.05) is 24.3 Å². The highest BCUT2D eigenvalue weighted by atomic mass is 16.2. The Morgan fingerprint density at radius 2 is 2.06 bits per heavy atom. The molecule has 0 saturated heterocycles. The molecule has 1 aromatic rings. The molecule has 0 unspecified atom stereocenters. The summed E-state index contributed by atoms with van der Waals surface area (Å²) in [5.41, 5.74) is 1.03. The molecule has 0 atom stereocenters. The number of para-hydroxylation sites is 1. The zero-order chi connectivity index (χ0) is 12.7. The van der Waals surface area contributed by atoms with Crippen LogP contribution in [-0.4, -0.2) is 18.7 Å². The smallest absolute Gasteiger partial charge is 0.232 e. The average Bonchev–Trinajstić information content (AvgIpc) is 2.36. The zero-order valence-electron chi connectivity index (χ0n) is 10.1. The molecule has 0 aliphatic heterocycles. The molecule has 0 aliphatic carbocycles. The van der Waals surface area contributed by atoms with Crippen molar-refractivity contribution in [1.29, 1.82) is 0 Å². The first-order chi connectivity index (χ1) is 8.15. The van der Waals surface area contributed by atoms with Crippen molar-refractivity contribution in [2.24, 2.45) is 0 Å². The molecule has 89 valence electrons. The Hall–Kier alpha value is -1.90. The van der Waals surface area contributed by atoms with Gasteiger partial charge in [-0.3, -0.25) is 4.79 Å². The minimum Gasteiger partial charge on any atom is -0.315 e. The van der Waals surface area contributed by atoms with Crippen LogP contribution in [0.1, 0.15) is 19.3 Å².